The molecule has 0 heterocycles. The number of hydrogen-bond acceptors (Lipinski definition) is 5. The molecule has 0 aliphatic rings. The molecule has 112 valence electrons. The lowest BCUT2D eigenvalue weighted by molar-refractivity contribution is 0.298. The lowest BCUT2D eigenvalue weighted by atomic mass is 9.93. The molecule has 0 aliphatic carbocycles. The number of hydrogen-bond donors (Lipinski definition) is 5. The molecule has 0 saturated carbocycles. The maximum atomic E-state index is 9.18. The van der Waals surface area contributed by atoms with Crippen LogP contribution in [0, 0.1) is 0 Å². The van der Waals surface area contributed by atoms with Gasteiger partial charge in [-0.2, -0.15) is 0 Å². The molecule has 2 rings (SSSR count). The molecule has 5 nitrogen and oxygen atoms in total. The molecule has 0 amide bonds. The highest BCUT2D eigenvalue weighted by atomic mass is 16.3. The highest BCUT2D eigenvalue weighted by Crippen LogP contribution is 2.35. The molecule has 0 radical (unpaired) electrons. The number of anilines is 3. The third-order valence-electron chi connectivity index (χ3n) is 3.47. The average molecular weight is 287 g/mol. The van der Waals surface area contributed by atoms with Crippen LogP contribution in [0.2, 0.25) is 0 Å². The second-order valence-electron chi connectivity index (χ2n) is 5.01. The minimum atomic E-state index is 0.0125. The van der Waals surface area contributed by atoms with E-state index >= 15 is 0 Å². The predicted molar refractivity (Wildman–Crippen MR) is 86.7 cm³/mol. The SMILES string of the molecule is Nc1ccc(N)c(-c2cc(CCO)cc(CCO)c2N)c1. The zero-order chi connectivity index (χ0) is 15.4. The van der Waals surface area contributed by atoms with E-state index in [4.69, 9.17) is 22.3 Å². The van der Waals surface area contributed by atoms with Gasteiger partial charge in [-0.3, -0.25) is 0 Å². The van der Waals surface area contributed by atoms with Gasteiger partial charge < -0.3 is 27.4 Å². The fourth-order valence-corrected chi connectivity index (χ4v) is 2.41. The Hall–Kier alpha value is -2.24. The Labute approximate surface area is 124 Å². The lowest BCUT2D eigenvalue weighted by Gasteiger charge is -2.15. The van der Waals surface area contributed by atoms with Crippen molar-refractivity contribution in [2.45, 2.75) is 12.8 Å². The average Bonchev–Trinajstić information content (AvgIpc) is 2.45. The number of aliphatic hydroxyl groups excluding tert-OH is 2. The third kappa shape index (κ3) is 3.26. The van der Waals surface area contributed by atoms with Crippen LogP contribution >= 0.6 is 0 Å². The minimum Gasteiger partial charge on any atom is -0.399 e. The molecule has 0 bridgehead atoms. The summed E-state index contributed by atoms with van der Waals surface area (Å²) in [6.45, 7) is 0.0625. The molecule has 0 unspecified atom stereocenters. The van der Waals surface area contributed by atoms with E-state index in [1.165, 1.54) is 0 Å². The van der Waals surface area contributed by atoms with Crippen LogP contribution in [0.4, 0.5) is 17.1 Å². The van der Waals surface area contributed by atoms with Gasteiger partial charge in [0.1, 0.15) is 0 Å². The monoisotopic (exact) mass is 287 g/mol. The van der Waals surface area contributed by atoms with Crippen molar-refractivity contribution in [1.29, 1.82) is 0 Å². The van der Waals surface area contributed by atoms with Crippen molar-refractivity contribution in [1.82, 2.24) is 0 Å². The van der Waals surface area contributed by atoms with E-state index in [9.17, 15) is 5.11 Å². The summed E-state index contributed by atoms with van der Waals surface area (Å²) in [4.78, 5) is 0. The number of nitrogens with two attached hydrogens (primary N) is 3. The fraction of sp³-hybridized carbons (Fsp3) is 0.250. The molecule has 0 aromatic heterocycles. The molecule has 0 atom stereocenters. The first kappa shape index (κ1) is 15.2. The normalized spacial score (nSPS) is 10.8. The summed E-state index contributed by atoms with van der Waals surface area (Å²) in [5, 5.41) is 18.3. The van der Waals surface area contributed by atoms with Gasteiger partial charge in [0.25, 0.3) is 0 Å². The highest BCUT2D eigenvalue weighted by molar-refractivity contribution is 5.87. The first-order valence-corrected chi connectivity index (χ1v) is 6.85. The molecule has 0 aliphatic heterocycles. The summed E-state index contributed by atoms with van der Waals surface area (Å²) >= 11 is 0. The molecule has 2 aromatic rings. The molecule has 0 spiro atoms. The van der Waals surface area contributed by atoms with Crippen LogP contribution in [0.5, 0.6) is 0 Å². The van der Waals surface area contributed by atoms with Gasteiger partial charge >= 0.3 is 0 Å². The van der Waals surface area contributed by atoms with Gasteiger partial charge in [0.15, 0.2) is 0 Å². The summed E-state index contributed by atoms with van der Waals surface area (Å²) < 4.78 is 0. The second kappa shape index (κ2) is 6.47. The fourth-order valence-electron chi connectivity index (χ4n) is 2.41. The van der Waals surface area contributed by atoms with Crippen molar-refractivity contribution in [3.8, 4) is 11.1 Å². The van der Waals surface area contributed by atoms with E-state index in [1.807, 2.05) is 12.1 Å². The second-order valence-corrected chi connectivity index (χ2v) is 5.01. The summed E-state index contributed by atoms with van der Waals surface area (Å²) in [6.07, 6.45) is 0.980. The number of benzene rings is 2. The van der Waals surface area contributed by atoms with Gasteiger partial charge in [0, 0.05) is 41.4 Å². The van der Waals surface area contributed by atoms with Gasteiger partial charge in [0.2, 0.25) is 0 Å². The number of aliphatic hydroxyl groups is 2. The van der Waals surface area contributed by atoms with Gasteiger partial charge in [-0.25, -0.2) is 0 Å². The summed E-state index contributed by atoms with van der Waals surface area (Å²) in [6, 6.07) is 9.09. The van der Waals surface area contributed by atoms with Crippen LogP contribution < -0.4 is 17.2 Å². The minimum absolute atomic E-state index is 0.0125. The van der Waals surface area contributed by atoms with Crippen LogP contribution in [0.25, 0.3) is 11.1 Å². The van der Waals surface area contributed by atoms with Crippen molar-refractivity contribution in [3.63, 3.8) is 0 Å². The van der Waals surface area contributed by atoms with E-state index in [2.05, 4.69) is 0 Å². The highest BCUT2D eigenvalue weighted by Gasteiger charge is 2.12. The topological polar surface area (TPSA) is 119 Å². The number of nitrogen functional groups attached to an aromatic ring is 3. The Kier molecular flexibility index (Phi) is 4.67. The van der Waals surface area contributed by atoms with Crippen molar-refractivity contribution in [3.05, 3.63) is 41.5 Å². The van der Waals surface area contributed by atoms with Crippen LogP contribution in [-0.2, 0) is 12.8 Å². The van der Waals surface area contributed by atoms with E-state index < -0.39 is 0 Å². The smallest absolute Gasteiger partial charge is 0.0472 e. The largest absolute Gasteiger partial charge is 0.399 e. The van der Waals surface area contributed by atoms with E-state index in [-0.39, 0.29) is 13.2 Å². The Morgan fingerprint density at radius 2 is 1.52 bits per heavy atom. The molecule has 8 N–H and O–H groups in total. The molecular weight excluding hydrogens is 266 g/mol. The standard InChI is InChI=1S/C16H21N3O2/c17-12-1-2-15(18)13(9-12)14-8-10(3-5-20)7-11(4-6-21)16(14)19/h1-2,7-9,20-21H,3-6,17-19H2. The molecular formula is C16H21N3O2. The van der Waals surface area contributed by atoms with Gasteiger partial charge in [-0.1, -0.05) is 6.07 Å². The van der Waals surface area contributed by atoms with Crippen LogP contribution in [0.15, 0.2) is 30.3 Å². The Morgan fingerprint density at radius 1 is 0.810 bits per heavy atom. The lowest BCUT2D eigenvalue weighted by Crippen LogP contribution is -2.04. The Bertz CT molecular complexity index is 642. The zero-order valence-corrected chi connectivity index (χ0v) is 11.8. The molecule has 0 fully saturated rings. The summed E-state index contributed by atoms with van der Waals surface area (Å²) in [5.74, 6) is 0. The molecule has 0 saturated heterocycles. The Balaban J connectivity index is 2.62. The van der Waals surface area contributed by atoms with E-state index in [1.54, 1.807) is 18.2 Å². The van der Waals surface area contributed by atoms with Crippen molar-refractivity contribution < 1.29 is 10.2 Å². The van der Waals surface area contributed by atoms with Gasteiger partial charge in [-0.15, -0.1) is 0 Å². The van der Waals surface area contributed by atoms with Crippen molar-refractivity contribution in [2.75, 3.05) is 30.4 Å². The maximum absolute atomic E-state index is 9.18. The summed E-state index contributed by atoms with van der Waals surface area (Å²) in [7, 11) is 0. The van der Waals surface area contributed by atoms with Gasteiger partial charge in [-0.05, 0) is 48.2 Å². The molecule has 5 heteroatoms. The first-order chi connectivity index (χ1) is 10.1. The first-order valence-electron chi connectivity index (χ1n) is 6.85. The third-order valence-corrected chi connectivity index (χ3v) is 3.47. The number of rotatable bonds is 5. The van der Waals surface area contributed by atoms with Crippen molar-refractivity contribution >= 4 is 17.1 Å². The quantitative estimate of drug-likeness (QED) is 0.529. The van der Waals surface area contributed by atoms with E-state index in [0.29, 0.717) is 29.9 Å². The molecule has 2 aromatic carbocycles. The maximum Gasteiger partial charge on any atom is 0.0472 e. The van der Waals surface area contributed by atoms with Crippen LogP contribution in [-0.4, -0.2) is 23.4 Å². The van der Waals surface area contributed by atoms with Crippen LogP contribution in [0.3, 0.4) is 0 Å². The summed E-state index contributed by atoms with van der Waals surface area (Å²) in [5.41, 5.74) is 23.2. The zero-order valence-electron chi connectivity index (χ0n) is 11.8. The van der Waals surface area contributed by atoms with Gasteiger partial charge in [0.05, 0.1) is 0 Å². The van der Waals surface area contributed by atoms with E-state index in [0.717, 1.165) is 22.3 Å². The van der Waals surface area contributed by atoms with Crippen LogP contribution in [0.1, 0.15) is 11.1 Å². The molecule has 21 heavy (non-hydrogen) atoms. The predicted octanol–water partition coefficient (Wildman–Crippen LogP) is 1.17. The Morgan fingerprint density at radius 3 is 2.19 bits per heavy atom. The van der Waals surface area contributed by atoms with Crippen molar-refractivity contribution in [2.24, 2.45) is 0 Å².